The van der Waals surface area contributed by atoms with Gasteiger partial charge in [0.05, 0.1) is 11.1 Å². The Morgan fingerprint density at radius 1 is 1.33 bits per heavy atom. The molecule has 1 fully saturated rings. The van der Waals surface area contributed by atoms with Gasteiger partial charge in [-0.25, -0.2) is 4.98 Å². The molecule has 0 spiro atoms. The summed E-state index contributed by atoms with van der Waals surface area (Å²) in [5, 5.41) is 4.60. The Hall–Kier alpha value is -1.03. The Morgan fingerprint density at radius 2 is 2.05 bits per heavy atom. The van der Waals surface area contributed by atoms with Gasteiger partial charge in [0.15, 0.2) is 5.65 Å². The fraction of sp³-hybridized carbons (Fsp3) is 0.750. The molecule has 2 aromatic heterocycles. The minimum Gasteiger partial charge on any atom is -0.311 e. The van der Waals surface area contributed by atoms with Crippen molar-refractivity contribution in [3.05, 3.63) is 11.5 Å². The maximum Gasteiger partial charge on any atom is 0.158 e. The highest BCUT2D eigenvalue weighted by Gasteiger charge is 2.24. The van der Waals surface area contributed by atoms with E-state index in [0.717, 1.165) is 48.0 Å². The molecule has 116 valence electrons. The Kier molecular flexibility index (Phi) is 4.25. The summed E-state index contributed by atoms with van der Waals surface area (Å²) < 4.78 is 4.32. The second-order valence-corrected chi connectivity index (χ2v) is 6.99. The lowest BCUT2D eigenvalue weighted by molar-refractivity contribution is 0.449. The number of nitrogens with zero attached hydrogens (tertiary/aromatic N) is 4. The van der Waals surface area contributed by atoms with E-state index in [4.69, 9.17) is 16.6 Å². The Bertz CT molecular complexity index is 620. The maximum absolute atomic E-state index is 6.39. The zero-order valence-electron chi connectivity index (χ0n) is 13.3. The molecule has 21 heavy (non-hydrogen) atoms. The molecule has 0 amide bonds. The fourth-order valence-corrected chi connectivity index (χ4v) is 3.77. The zero-order chi connectivity index (χ0) is 15.0. The van der Waals surface area contributed by atoms with Gasteiger partial charge in [0.25, 0.3) is 0 Å². The Balaban J connectivity index is 2.07. The molecule has 2 aromatic rings. The van der Waals surface area contributed by atoms with Crippen LogP contribution >= 0.6 is 11.6 Å². The van der Waals surface area contributed by atoms with Crippen LogP contribution in [0.2, 0.25) is 0 Å². The van der Waals surface area contributed by atoms with Crippen molar-refractivity contribution in [1.82, 2.24) is 19.3 Å². The lowest BCUT2D eigenvalue weighted by Gasteiger charge is -2.15. The van der Waals surface area contributed by atoms with E-state index >= 15 is 0 Å². The monoisotopic (exact) mass is 308 g/mol. The summed E-state index contributed by atoms with van der Waals surface area (Å²) in [6, 6.07) is 0. The highest BCUT2D eigenvalue weighted by Crippen LogP contribution is 2.32. The van der Waals surface area contributed by atoms with Gasteiger partial charge in [-0.05, 0) is 32.1 Å². The van der Waals surface area contributed by atoms with E-state index in [2.05, 4.69) is 16.6 Å². The summed E-state index contributed by atoms with van der Waals surface area (Å²) in [5.74, 6) is 1.77. The van der Waals surface area contributed by atoms with Gasteiger partial charge in [0, 0.05) is 13.6 Å². The molecule has 1 unspecified atom stereocenters. The smallest absolute Gasteiger partial charge is 0.158 e. The van der Waals surface area contributed by atoms with Crippen LogP contribution in [0.1, 0.15) is 62.8 Å². The largest absolute Gasteiger partial charge is 0.311 e. The molecule has 1 saturated carbocycles. The minimum absolute atomic E-state index is 0.0618. The molecule has 0 saturated heterocycles. The van der Waals surface area contributed by atoms with E-state index in [0.29, 0.717) is 0 Å². The molecule has 0 N–H and O–H groups in total. The van der Waals surface area contributed by atoms with E-state index < -0.39 is 0 Å². The predicted molar refractivity (Wildman–Crippen MR) is 86.7 cm³/mol. The average Bonchev–Trinajstić information content (AvgIpc) is 3.11. The lowest BCUT2D eigenvalue weighted by Crippen LogP contribution is -2.13. The molecular formula is C16H25ClN4. The maximum atomic E-state index is 6.39. The first-order valence-electron chi connectivity index (χ1n) is 8.17. The number of alkyl halides is 1. The van der Waals surface area contributed by atoms with Gasteiger partial charge in [0.2, 0.25) is 0 Å². The Labute approximate surface area is 131 Å². The van der Waals surface area contributed by atoms with E-state index in [1.54, 1.807) is 0 Å². The van der Waals surface area contributed by atoms with Crippen molar-refractivity contribution in [2.75, 3.05) is 0 Å². The minimum atomic E-state index is -0.0618. The van der Waals surface area contributed by atoms with Gasteiger partial charge in [0.1, 0.15) is 11.3 Å². The number of rotatable bonds is 5. The normalized spacial score (nSPS) is 17.9. The van der Waals surface area contributed by atoms with Crippen molar-refractivity contribution in [3.63, 3.8) is 0 Å². The summed E-state index contributed by atoms with van der Waals surface area (Å²) in [6.45, 7) is 5.23. The molecular weight excluding hydrogens is 284 g/mol. The standard InChI is InChI=1S/C16H25ClN4/c1-4-7-13-14-16(20(3)19-13)21(15(18-14)11(2)17)10-12-8-5-6-9-12/h11-12H,4-10H2,1-3H3. The summed E-state index contributed by atoms with van der Waals surface area (Å²) >= 11 is 6.39. The predicted octanol–water partition coefficient (Wildman–Crippen LogP) is 4.21. The number of fused-ring (bicyclic) bond motifs is 1. The van der Waals surface area contributed by atoms with Crippen molar-refractivity contribution >= 4 is 22.8 Å². The van der Waals surface area contributed by atoms with Crippen LogP contribution in [0.3, 0.4) is 0 Å². The Morgan fingerprint density at radius 3 is 2.67 bits per heavy atom. The molecule has 0 radical (unpaired) electrons. The van der Waals surface area contributed by atoms with Gasteiger partial charge in [-0.15, -0.1) is 11.6 Å². The molecule has 0 aliphatic heterocycles. The quantitative estimate of drug-likeness (QED) is 0.776. The first kappa shape index (κ1) is 14.9. The van der Waals surface area contributed by atoms with Crippen molar-refractivity contribution in [2.24, 2.45) is 13.0 Å². The van der Waals surface area contributed by atoms with Gasteiger partial charge in [-0.2, -0.15) is 5.10 Å². The molecule has 3 rings (SSSR count). The van der Waals surface area contributed by atoms with Crippen molar-refractivity contribution in [2.45, 2.75) is 64.3 Å². The molecule has 1 aliphatic rings. The SMILES string of the molecule is CCCc1nn(C)c2c1nc(C(C)Cl)n2CC1CCCC1. The van der Waals surface area contributed by atoms with Gasteiger partial charge in [-0.1, -0.05) is 26.2 Å². The second kappa shape index (κ2) is 5.99. The number of aromatic nitrogens is 4. The zero-order valence-corrected chi connectivity index (χ0v) is 14.0. The second-order valence-electron chi connectivity index (χ2n) is 6.34. The number of hydrogen-bond acceptors (Lipinski definition) is 2. The number of hydrogen-bond donors (Lipinski definition) is 0. The van der Waals surface area contributed by atoms with Crippen LogP contribution in [-0.4, -0.2) is 19.3 Å². The summed E-state index contributed by atoms with van der Waals surface area (Å²) in [7, 11) is 2.02. The van der Waals surface area contributed by atoms with Crippen molar-refractivity contribution < 1.29 is 0 Å². The highest BCUT2D eigenvalue weighted by atomic mass is 35.5. The van der Waals surface area contributed by atoms with Crippen molar-refractivity contribution in [1.29, 1.82) is 0 Å². The van der Waals surface area contributed by atoms with Gasteiger partial charge in [-0.3, -0.25) is 4.68 Å². The summed E-state index contributed by atoms with van der Waals surface area (Å²) in [6.07, 6.45) is 7.45. The van der Waals surface area contributed by atoms with Crippen LogP contribution in [-0.2, 0) is 20.0 Å². The average molecular weight is 309 g/mol. The van der Waals surface area contributed by atoms with Crippen LogP contribution in [0.5, 0.6) is 0 Å². The van der Waals surface area contributed by atoms with Crippen LogP contribution in [0, 0.1) is 5.92 Å². The molecule has 5 heteroatoms. The number of imidazole rings is 1. The number of halogens is 1. The van der Waals surface area contributed by atoms with Crippen LogP contribution in [0.4, 0.5) is 0 Å². The van der Waals surface area contributed by atoms with Crippen LogP contribution in [0.25, 0.3) is 11.2 Å². The molecule has 2 heterocycles. The fourth-order valence-electron chi connectivity index (χ4n) is 3.60. The molecule has 1 aliphatic carbocycles. The third-order valence-electron chi connectivity index (χ3n) is 4.58. The molecule has 1 atom stereocenters. The third kappa shape index (κ3) is 2.70. The van der Waals surface area contributed by atoms with E-state index in [9.17, 15) is 0 Å². The topological polar surface area (TPSA) is 35.6 Å². The van der Waals surface area contributed by atoms with E-state index in [-0.39, 0.29) is 5.38 Å². The first-order chi connectivity index (χ1) is 10.1. The molecule has 4 nitrogen and oxygen atoms in total. The highest BCUT2D eigenvalue weighted by molar-refractivity contribution is 6.20. The summed E-state index contributed by atoms with van der Waals surface area (Å²) in [5.41, 5.74) is 3.31. The van der Waals surface area contributed by atoms with E-state index in [1.165, 1.54) is 25.7 Å². The van der Waals surface area contributed by atoms with E-state index in [1.807, 2.05) is 18.7 Å². The van der Waals surface area contributed by atoms with Crippen molar-refractivity contribution in [3.8, 4) is 0 Å². The van der Waals surface area contributed by atoms with Crippen LogP contribution in [0.15, 0.2) is 0 Å². The summed E-state index contributed by atoms with van der Waals surface area (Å²) in [4.78, 5) is 4.84. The van der Waals surface area contributed by atoms with Gasteiger partial charge < -0.3 is 4.57 Å². The lowest BCUT2D eigenvalue weighted by atomic mass is 10.1. The first-order valence-corrected chi connectivity index (χ1v) is 8.61. The molecule has 0 aromatic carbocycles. The van der Waals surface area contributed by atoms with Crippen LogP contribution < -0.4 is 0 Å². The van der Waals surface area contributed by atoms with Gasteiger partial charge >= 0.3 is 0 Å². The molecule has 0 bridgehead atoms. The third-order valence-corrected chi connectivity index (χ3v) is 4.77. The number of aryl methyl sites for hydroxylation is 2.